The van der Waals surface area contributed by atoms with E-state index in [0.29, 0.717) is 11.1 Å². The standard InChI is InChI=1S/C31H34N4O3.2ClH/c1-34-17-19-35(20-18-34)22-25-13-11-23(12-14-25)15-16-26-9-5-6-10-27(26)31(38)33-28(29(36)30(32)37)21-24-7-3-2-4-8-24;;/h2-16,28H,17-22H2,1H3,(H2,32,37)(H,33,38);2*1H/b16-15+;;. The molecule has 0 spiro atoms. The predicted molar refractivity (Wildman–Crippen MR) is 165 cm³/mol. The van der Waals surface area contributed by atoms with Gasteiger partial charge in [0.25, 0.3) is 11.8 Å². The second kappa shape index (κ2) is 15.9. The van der Waals surface area contributed by atoms with Crippen molar-refractivity contribution in [1.29, 1.82) is 0 Å². The molecule has 1 aliphatic rings. The Hall–Kier alpha value is -3.49. The molecule has 9 heteroatoms. The molecule has 0 aliphatic carbocycles. The first-order valence-corrected chi connectivity index (χ1v) is 12.8. The molecule has 1 aliphatic heterocycles. The van der Waals surface area contributed by atoms with E-state index >= 15 is 0 Å². The van der Waals surface area contributed by atoms with Crippen LogP contribution in [0.1, 0.15) is 32.6 Å². The van der Waals surface area contributed by atoms with Gasteiger partial charge in [0.2, 0.25) is 5.78 Å². The highest BCUT2D eigenvalue weighted by Crippen LogP contribution is 2.16. The van der Waals surface area contributed by atoms with Gasteiger partial charge >= 0.3 is 0 Å². The zero-order valence-electron chi connectivity index (χ0n) is 22.5. The van der Waals surface area contributed by atoms with Crippen LogP contribution in [0.2, 0.25) is 0 Å². The maximum Gasteiger partial charge on any atom is 0.287 e. The molecule has 1 fully saturated rings. The second-order valence-electron chi connectivity index (χ2n) is 9.69. The van der Waals surface area contributed by atoms with Crippen LogP contribution in [0.4, 0.5) is 0 Å². The Morgan fingerprint density at radius 3 is 2.10 bits per heavy atom. The van der Waals surface area contributed by atoms with Crippen LogP contribution in [0.3, 0.4) is 0 Å². The summed E-state index contributed by atoms with van der Waals surface area (Å²) in [4.78, 5) is 42.1. The average molecular weight is 584 g/mol. The molecule has 4 rings (SSSR count). The quantitative estimate of drug-likeness (QED) is 0.280. The van der Waals surface area contributed by atoms with E-state index in [9.17, 15) is 14.4 Å². The number of likely N-dealkylation sites (N-methyl/N-ethyl adjacent to an activating group) is 1. The van der Waals surface area contributed by atoms with E-state index in [1.807, 2.05) is 54.6 Å². The third kappa shape index (κ3) is 9.31. The van der Waals surface area contributed by atoms with Crippen molar-refractivity contribution in [1.82, 2.24) is 15.1 Å². The fourth-order valence-electron chi connectivity index (χ4n) is 4.50. The van der Waals surface area contributed by atoms with Gasteiger partial charge in [-0.2, -0.15) is 0 Å². The number of hydrogen-bond acceptors (Lipinski definition) is 5. The van der Waals surface area contributed by atoms with Crippen molar-refractivity contribution in [2.75, 3.05) is 33.2 Å². The predicted octanol–water partition coefficient (Wildman–Crippen LogP) is 3.84. The first-order valence-electron chi connectivity index (χ1n) is 12.8. The topological polar surface area (TPSA) is 95.7 Å². The van der Waals surface area contributed by atoms with Gasteiger partial charge in [0.1, 0.15) is 6.04 Å². The lowest BCUT2D eigenvalue weighted by molar-refractivity contribution is -0.137. The summed E-state index contributed by atoms with van der Waals surface area (Å²) in [6.07, 6.45) is 4.01. The molecule has 40 heavy (non-hydrogen) atoms. The van der Waals surface area contributed by atoms with Gasteiger partial charge in [-0.05, 0) is 35.4 Å². The number of Topliss-reactive ketones (excluding diaryl/α,β-unsaturated/α-hetero) is 1. The Morgan fingerprint density at radius 2 is 1.45 bits per heavy atom. The number of carbonyl (C=O) groups is 3. The van der Waals surface area contributed by atoms with E-state index < -0.39 is 23.6 Å². The van der Waals surface area contributed by atoms with E-state index in [0.717, 1.165) is 43.9 Å². The first kappa shape index (κ1) is 32.7. The zero-order chi connectivity index (χ0) is 26.9. The number of carbonyl (C=O) groups excluding carboxylic acids is 3. The molecule has 3 N–H and O–H groups in total. The molecule has 2 amide bonds. The molecule has 3 aromatic carbocycles. The molecule has 0 bridgehead atoms. The van der Waals surface area contributed by atoms with Crippen molar-refractivity contribution in [2.45, 2.75) is 19.0 Å². The lowest BCUT2D eigenvalue weighted by atomic mass is 10.00. The Bertz CT molecular complexity index is 1290. The van der Waals surface area contributed by atoms with Gasteiger partial charge in [-0.25, -0.2) is 0 Å². The van der Waals surface area contributed by atoms with Crippen LogP contribution < -0.4 is 11.1 Å². The van der Waals surface area contributed by atoms with Gasteiger partial charge in [0, 0.05) is 44.7 Å². The lowest BCUT2D eigenvalue weighted by Gasteiger charge is -2.32. The number of nitrogens with one attached hydrogen (secondary N) is 1. The normalized spacial score (nSPS) is 14.5. The number of hydrogen-bond donors (Lipinski definition) is 2. The lowest BCUT2D eigenvalue weighted by Crippen LogP contribution is -2.47. The van der Waals surface area contributed by atoms with Crippen molar-refractivity contribution < 1.29 is 14.4 Å². The molecular weight excluding hydrogens is 547 g/mol. The largest absolute Gasteiger partial charge is 0.363 e. The van der Waals surface area contributed by atoms with Gasteiger partial charge in [0.15, 0.2) is 0 Å². The Labute approximate surface area is 248 Å². The Kier molecular flexibility index (Phi) is 13.0. The van der Waals surface area contributed by atoms with Crippen LogP contribution in [0, 0.1) is 0 Å². The molecule has 1 saturated heterocycles. The Morgan fingerprint density at radius 1 is 0.825 bits per heavy atom. The summed E-state index contributed by atoms with van der Waals surface area (Å²) in [5, 5.41) is 2.72. The van der Waals surface area contributed by atoms with E-state index in [-0.39, 0.29) is 31.2 Å². The minimum atomic E-state index is -1.07. The number of amides is 2. The van der Waals surface area contributed by atoms with Crippen molar-refractivity contribution in [3.05, 3.63) is 107 Å². The molecule has 0 aromatic heterocycles. The van der Waals surface area contributed by atoms with Crippen molar-refractivity contribution >= 4 is 54.6 Å². The fraction of sp³-hybridized carbons (Fsp3) is 0.258. The molecule has 1 unspecified atom stereocenters. The number of nitrogens with two attached hydrogens (primary N) is 1. The third-order valence-corrected chi connectivity index (χ3v) is 6.79. The van der Waals surface area contributed by atoms with Crippen LogP contribution in [0.15, 0.2) is 78.9 Å². The third-order valence-electron chi connectivity index (χ3n) is 6.79. The van der Waals surface area contributed by atoms with Gasteiger partial charge < -0.3 is 16.0 Å². The van der Waals surface area contributed by atoms with Crippen LogP contribution in [0.25, 0.3) is 12.2 Å². The molecule has 1 heterocycles. The van der Waals surface area contributed by atoms with Crippen LogP contribution in [0.5, 0.6) is 0 Å². The molecular formula is C31H36Cl2N4O3. The minimum absolute atomic E-state index is 0. The fourth-order valence-corrected chi connectivity index (χ4v) is 4.50. The number of piperazine rings is 1. The zero-order valence-corrected chi connectivity index (χ0v) is 24.1. The van der Waals surface area contributed by atoms with Crippen LogP contribution in [-0.2, 0) is 22.6 Å². The SMILES string of the molecule is CN1CCN(Cc2ccc(/C=C/c3ccccc3C(=O)NC(Cc3ccccc3)C(=O)C(N)=O)cc2)CC1.Cl.Cl. The van der Waals surface area contributed by atoms with E-state index in [2.05, 4.69) is 46.4 Å². The van der Waals surface area contributed by atoms with Gasteiger partial charge in [-0.15, -0.1) is 24.8 Å². The molecule has 1 atom stereocenters. The van der Waals surface area contributed by atoms with Gasteiger partial charge in [0.05, 0.1) is 0 Å². The second-order valence-corrected chi connectivity index (χ2v) is 9.69. The summed E-state index contributed by atoms with van der Waals surface area (Å²) < 4.78 is 0. The minimum Gasteiger partial charge on any atom is -0.363 e. The average Bonchev–Trinajstić information content (AvgIpc) is 2.94. The summed E-state index contributed by atoms with van der Waals surface area (Å²) in [5.41, 5.74) is 9.48. The summed E-state index contributed by atoms with van der Waals surface area (Å²) in [6.45, 7) is 5.28. The smallest absolute Gasteiger partial charge is 0.287 e. The summed E-state index contributed by atoms with van der Waals surface area (Å²) in [7, 11) is 2.16. The number of rotatable bonds is 10. The van der Waals surface area contributed by atoms with Crippen molar-refractivity contribution in [2.24, 2.45) is 5.73 Å². The maximum atomic E-state index is 13.2. The molecule has 0 radical (unpaired) electrons. The Balaban J connectivity index is 0.00000280. The van der Waals surface area contributed by atoms with E-state index in [1.165, 1.54) is 5.56 Å². The number of primary amides is 1. The van der Waals surface area contributed by atoms with Crippen LogP contribution >= 0.6 is 24.8 Å². The maximum absolute atomic E-state index is 13.2. The van der Waals surface area contributed by atoms with Crippen LogP contribution in [-0.4, -0.2) is 66.7 Å². The van der Waals surface area contributed by atoms with Crippen molar-refractivity contribution in [3.63, 3.8) is 0 Å². The number of nitrogens with zero attached hydrogens (tertiary/aromatic N) is 2. The van der Waals surface area contributed by atoms with Gasteiger partial charge in [-0.1, -0.05) is 84.9 Å². The summed E-state index contributed by atoms with van der Waals surface area (Å²) in [6, 6.07) is 23.7. The summed E-state index contributed by atoms with van der Waals surface area (Å²) >= 11 is 0. The van der Waals surface area contributed by atoms with E-state index in [1.54, 1.807) is 12.1 Å². The van der Waals surface area contributed by atoms with E-state index in [4.69, 9.17) is 5.73 Å². The molecule has 7 nitrogen and oxygen atoms in total. The van der Waals surface area contributed by atoms with Crippen molar-refractivity contribution in [3.8, 4) is 0 Å². The number of benzene rings is 3. The number of ketones is 1. The first-order chi connectivity index (χ1) is 18.4. The highest BCUT2D eigenvalue weighted by Gasteiger charge is 2.26. The monoisotopic (exact) mass is 582 g/mol. The highest BCUT2D eigenvalue weighted by atomic mass is 35.5. The number of halogens is 2. The molecule has 3 aromatic rings. The molecule has 0 saturated carbocycles. The summed E-state index contributed by atoms with van der Waals surface area (Å²) in [5.74, 6) is -2.34. The highest BCUT2D eigenvalue weighted by molar-refractivity contribution is 6.38. The molecule has 212 valence electrons. The van der Waals surface area contributed by atoms with Gasteiger partial charge in [-0.3, -0.25) is 19.3 Å².